The molecule has 5 heteroatoms. The molecule has 1 unspecified atom stereocenters. The highest BCUT2D eigenvalue weighted by atomic mass is 32.1. The molecule has 3 aromatic rings. The van der Waals surface area contributed by atoms with Gasteiger partial charge in [0.1, 0.15) is 11.5 Å². The number of aryl methyl sites for hydroxylation is 1. The van der Waals surface area contributed by atoms with Crippen LogP contribution in [-0.4, -0.2) is 16.9 Å². The van der Waals surface area contributed by atoms with E-state index in [0.717, 1.165) is 30.0 Å². The van der Waals surface area contributed by atoms with Gasteiger partial charge >= 0.3 is 0 Å². The molecule has 0 radical (unpaired) electrons. The van der Waals surface area contributed by atoms with Crippen molar-refractivity contribution < 1.29 is 9.21 Å². The summed E-state index contributed by atoms with van der Waals surface area (Å²) in [6, 6.07) is 14.0. The molecule has 0 aliphatic carbocycles. The number of hydrogen-bond donors (Lipinski definition) is 1. The number of hydrogen-bond acceptors (Lipinski definition) is 4. The second kappa shape index (κ2) is 7.93. The Morgan fingerprint density at radius 2 is 2.08 bits per heavy atom. The Kier molecular flexibility index (Phi) is 5.43. The quantitative estimate of drug-likeness (QED) is 0.705. The minimum Gasteiger partial charge on any atom is -0.469 e. The molecule has 0 aliphatic heterocycles. The molecule has 3 rings (SSSR count). The van der Waals surface area contributed by atoms with Gasteiger partial charge in [0.15, 0.2) is 0 Å². The number of benzene rings is 1. The summed E-state index contributed by atoms with van der Waals surface area (Å²) in [5, 5.41) is 5.78. The van der Waals surface area contributed by atoms with Gasteiger partial charge in [-0.15, -0.1) is 11.3 Å². The van der Waals surface area contributed by atoms with Crippen molar-refractivity contribution in [3.63, 3.8) is 0 Å². The lowest BCUT2D eigenvalue weighted by molar-refractivity contribution is 0.0933. The van der Waals surface area contributed by atoms with Crippen molar-refractivity contribution in [3.8, 4) is 0 Å². The summed E-state index contributed by atoms with van der Waals surface area (Å²) >= 11 is 1.52. The average Bonchev–Trinajstić information content (AvgIpc) is 3.25. The predicted octanol–water partition coefficient (Wildman–Crippen LogP) is 4.08. The topological polar surface area (TPSA) is 55.1 Å². The van der Waals surface area contributed by atoms with Crippen LogP contribution >= 0.6 is 11.3 Å². The number of aromatic nitrogens is 1. The molecule has 0 saturated heterocycles. The molecule has 124 valence electrons. The van der Waals surface area contributed by atoms with E-state index in [9.17, 15) is 4.79 Å². The second-order valence-electron chi connectivity index (χ2n) is 5.78. The fourth-order valence-electron chi connectivity index (χ4n) is 2.45. The number of nitrogens with one attached hydrogen (secondary N) is 1. The van der Waals surface area contributed by atoms with Gasteiger partial charge in [-0.05, 0) is 31.0 Å². The molecule has 1 aromatic carbocycles. The van der Waals surface area contributed by atoms with Crippen LogP contribution in [0, 0.1) is 0 Å². The standard InChI is InChI=1S/C19H20N2O2S/c1-14(9-10-16-8-5-11-23-16)20-19(22)17-13-24-18(21-17)12-15-6-3-2-4-7-15/h2-8,11,13-14H,9-10,12H2,1H3,(H,20,22). The Bertz CT molecular complexity index is 766. The lowest BCUT2D eigenvalue weighted by atomic mass is 10.1. The molecule has 4 nitrogen and oxygen atoms in total. The second-order valence-corrected chi connectivity index (χ2v) is 6.72. The zero-order valence-corrected chi connectivity index (χ0v) is 14.4. The van der Waals surface area contributed by atoms with E-state index < -0.39 is 0 Å². The summed E-state index contributed by atoms with van der Waals surface area (Å²) in [4.78, 5) is 16.7. The van der Waals surface area contributed by atoms with Crippen LogP contribution in [0.1, 0.15) is 40.2 Å². The Morgan fingerprint density at radius 3 is 2.83 bits per heavy atom. The minimum atomic E-state index is -0.113. The zero-order chi connectivity index (χ0) is 16.8. The van der Waals surface area contributed by atoms with E-state index in [4.69, 9.17) is 4.42 Å². The Morgan fingerprint density at radius 1 is 1.25 bits per heavy atom. The number of carbonyl (C=O) groups is 1. The first-order chi connectivity index (χ1) is 11.7. The summed E-state index contributed by atoms with van der Waals surface area (Å²) in [5.41, 5.74) is 1.70. The van der Waals surface area contributed by atoms with Crippen molar-refractivity contribution in [2.45, 2.75) is 32.2 Å². The molecular weight excluding hydrogens is 320 g/mol. The molecule has 0 fully saturated rings. The lowest BCUT2D eigenvalue weighted by Gasteiger charge is -2.11. The highest BCUT2D eigenvalue weighted by molar-refractivity contribution is 7.09. The molecule has 2 heterocycles. The molecule has 1 amide bonds. The van der Waals surface area contributed by atoms with Gasteiger partial charge in [-0.25, -0.2) is 4.98 Å². The van der Waals surface area contributed by atoms with Crippen molar-refractivity contribution >= 4 is 17.2 Å². The maximum atomic E-state index is 12.3. The van der Waals surface area contributed by atoms with Gasteiger partial charge in [0, 0.05) is 24.3 Å². The summed E-state index contributed by atoms with van der Waals surface area (Å²) < 4.78 is 5.31. The number of carbonyl (C=O) groups excluding carboxylic acids is 1. The van der Waals surface area contributed by atoms with Crippen LogP contribution in [0.25, 0.3) is 0 Å². The van der Waals surface area contributed by atoms with E-state index in [2.05, 4.69) is 22.4 Å². The van der Waals surface area contributed by atoms with Crippen LogP contribution < -0.4 is 5.32 Å². The molecule has 2 aromatic heterocycles. The number of nitrogens with zero attached hydrogens (tertiary/aromatic N) is 1. The number of amides is 1. The van der Waals surface area contributed by atoms with Crippen molar-refractivity contribution in [3.05, 3.63) is 76.1 Å². The van der Waals surface area contributed by atoms with Gasteiger partial charge < -0.3 is 9.73 Å². The smallest absolute Gasteiger partial charge is 0.270 e. The van der Waals surface area contributed by atoms with E-state index in [-0.39, 0.29) is 11.9 Å². The van der Waals surface area contributed by atoms with Crippen LogP contribution in [0.3, 0.4) is 0 Å². The van der Waals surface area contributed by atoms with E-state index in [0.29, 0.717) is 5.69 Å². The highest BCUT2D eigenvalue weighted by Crippen LogP contribution is 2.15. The SMILES string of the molecule is CC(CCc1ccco1)NC(=O)c1csc(Cc2ccccc2)n1. The molecule has 0 spiro atoms. The summed E-state index contributed by atoms with van der Waals surface area (Å²) in [5.74, 6) is 0.826. The summed E-state index contributed by atoms with van der Waals surface area (Å²) in [6.07, 6.45) is 4.07. The van der Waals surface area contributed by atoms with E-state index in [1.165, 1.54) is 16.9 Å². The van der Waals surface area contributed by atoms with Crippen LogP contribution in [0.5, 0.6) is 0 Å². The van der Waals surface area contributed by atoms with Gasteiger partial charge in [0.2, 0.25) is 0 Å². The average molecular weight is 340 g/mol. The molecule has 1 atom stereocenters. The minimum absolute atomic E-state index is 0.0712. The number of furan rings is 1. The largest absolute Gasteiger partial charge is 0.469 e. The number of thiazole rings is 1. The Hall–Kier alpha value is -2.40. The Labute approximate surface area is 145 Å². The third-order valence-electron chi connectivity index (χ3n) is 3.76. The third-order valence-corrected chi connectivity index (χ3v) is 4.61. The van der Waals surface area contributed by atoms with Gasteiger partial charge in [-0.3, -0.25) is 4.79 Å². The van der Waals surface area contributed by atoms with Crippen LogP contribution in [0.4, 0.5) is 0 Å². The fraction of sp³-hybridized carbons (Fsp3) is 0.263. The van der Waals surface area contributed by atoms with Crippen LogP contribution in [0.2, 0.25) is 0 Å². The summed E-state index contributed by atoms with van der Waals surface area (Å²) in [7, 11) is 0. The highest BCUT2D eigenvalue weighted by Gasteiger charge is 2.14. The monoisotopic (exact) mass is 340 g/mol. The van der Waals surface area contributed by atoms with Gasteiger partial charge in [0.05, 0.1) is 11.3 Å². The molecule has 0 aliphatic rings. The number of rotatable bonds is 7. The fourth-order valence-corrected chi connectivity index (χ4v) is 3.26. The van der Waals surface area contributed by atoms with Gasteiger partial charge in [0.25, 0.3) is 5.91 Å². The first kappa shape index (κ1) is 16.5. The van der Waals surface area contributed by atoms with Crippen molar-refractivity contribution in [2.24, 2.45) is 0 Å². The van der Waals surface area contributed by atoms with Crippen molar-refractivity contribution in [1.82, 2.24) is 10.3 Å². The van der Waals surface area contributed by atoms with E-state index >= 15 is 0 Å². The predicted molar refractivity (Wildman–Crippen MR) is 95.3 cm³/mol. The molecule has 0 saturated carbocycles. The van der Waals surface area contributed by atoms with Crippen LogP contribution in [0.15, 0.2) is 58.5 Å². The lowest BCUT2D eigenvalue weighted by Crippen LogP contribution is -2.33. The summed E-state index contributed by atoms with van der Waals surface area (Å²) in [6.45, 7) is 2.00. The van der Waals surface area contributed by atoms with Crippen molar-refractivity contribution in [1.29, 1.82) is 0 Å². The van der Waals surface area contributed by atoms with Gasteiger partial charge in [-0.1, -0.05) is 30.3 Å². The van der Waals surface area contributed by atoms with Gasteiger partial charge in [-0.2, -0.15) is 0 Å². The molecule has 1 N–H and O–H groups in total. The van der Waals surface area contributed by atoms with Crippen LogP contribution in [-0.2, 0) is 12.8 Å². The van der Waals surface area contributed by atoms with E-state index in [1.807, 2.05) is 42.6 Å². The zero-order valence-electron chi connectivity index (χ0n) is 13.6. The van der Waals surface area contributed by atoms with Crippen molar-refractivity contribution in [2.75, 3.05) is 0 Å². The maximum absolute atomic E-state index is 12.3. The molecule has 0 bridgehead atoms. The normalized spacial score (nSPS) is 12.0. The molecule has 24 heavy (non-hydrogen) atoms. The maximum Gasteiger partial charge on any atom is 0.270 e. The Balaban J connectivity index is 1.51. The first-order valence-corrected chi connectivity index (χ1v) is 8.90. The molecular formula is C19H20N2O2S. The first-order valence-electron chi connectivity index (χ1n) is 8.02. The van der Waals surface area contributed by atoms with E-state index in [1.54, 1.807) is 6.26 Å². The third kappa shape index (κ3) is 4.55.